The highest BCUT2D eigenvalue weighted by Gasteiger charge is 2.12. The third-order valence-corrected chi connectivity index (χ3v) is 4.72. The number of aromatic nitrogens is 2. The minimum atomic E-state index is -0.194. The average molecular weight is 350 g/mol. The molecule has 0 aliphatic heterocycles. The van der Waals surface area contributed by atoms with Gasteiger partial charge in [-0.1, -0.05) is 15.9 Å². The first-order chi connectivity index (χ1) is 9.52. The van der Waals surface area contributed by atoms with Crippen LogP contribution < -0.4 is 5.32 Å². The molecule has 0 saturated carbocycles. The Morgan fingerprint density at radius 1 is 1.35 bits per heavy atom. The largest absolute Gasteiger partial charge is 0.321 e. The van der Waals surface area contributed by atoms with Crippen molar-refractivity contribution < 1.29 is 4.79 Å². The molecule has 0 spiro atoms. The maximum Gasteiger partial charge on any atom is 0.275 e. The number of halogens is 1. The van der Waals surface area contributed by atoms with Gasteiger partial charge in [0.1, 0.15) is 5.69 Å². The molecule has 2 aromatic heterocycles. The van der Waals surface area contributed by atoms with E-state index in [9.17, 15) is 4.79 Å². The van der Waals surface area contributed by atoms with Crippen LogP contribution in [0.4, 0.5) is 5.69 Å². The van der Waals surface area contributed by atoms with Gasteiger partial charge in [-0.2, -0.15) is 0 Å². The van der Waals surface area contributed by atoms with Crippen molar-refractivity contribution in [1.82, 2.24) is 9.38 Å². The smallest absolute Gasteiger partial charge is 0.275 e. The topological polar surface area (TPSA) is 46.4 Å². The first-order valence-electron chi connectivity index (χ1n) is 6.05. The molecule has 0 radical (unpaired) electrons. The fraction of sp³-hybridized carbons (Fsp3) is 0.143. The molecular weight excluding hydrogens is 338 g/mol. The quantitative estimate of drug-likeness (QED) is 0.759. The van der Waals surface area contributed by atoms with Gasteiger partial charge in [-0.15, -0.1) is 11.3 Å². The lowest BCUT2D eigenvalue weighted by Gasteiger charge is -2.05. The number of benzene rings is 1. The highest BCUT2D eigenvalue weighted by atomic mass is 79.9. The number of amides is 1. The molecule has 1 aromatic carbocycles. The number of hydrogen-bond acceptors (Lipinski definition) is 3. The molecule has 0 fully saturated rings. The van der Waals surface area contributed by atoms with Crippen LogP contribution in [-0.4, -0.2) is 15.3 Å². The van der Waals surface area contributed by atoms with Crippen LogP contribution in [0.5, 0.6) is 0 Å². The van der Waals surface area contributed by atoms with E-state index in [1.54, 1.807) is 17.5 Å². The summed E-state index contributed by atoms with van der Waals surface area (Å²) in [6.07, 6.45) is 3.72. The zero-order chi connectivity index (χ0) is 14.3. The zero-order valence-electron chi connectivity index (χ0n) is 11.0. The van der Waals surface area contributed by atoms with Crippen LogP contribution in [0, 0.1) is 13.8 Å². The van der Waals surface area contributed by atoms with E-state index in [0.717, 1.165) is 20.7 Å². The zero-order valence-corrected chi connectivity index (χ0v) is 13.4. The van der Waals surface area contributed by atoms with Crippen LogP contribution in [-0.2, 0) is 0 Å². The fourth-order valence-corrected chi connectivity index (χ4v) is 2.99. The van der Waals surface area contributed by atoms with Gasteiger partial charge in [0.25, 0.3) is 5.91 Å². The van der Waals surface area contributed by atoms with Crippen molar-refractivity contribution in [3.05, 3.63) is 51.2 Å². The Kier molecular flexibility index (Phi) is 3.35. The standard InChI is InChI=1S/C14H12BrN3OS/c1-8-5-10(3-4-11(8)15)16-13(19)12-7-18-6-9(2)20-14(18)17-12/h3-7H,1-2H3,(H,16,19). The predicted octanol–water partition coefficient (Wildman–Crippen LogP) is 4.03. The summed E-state index contributed by atoms with van der Waals surface area (Å²) in [5.41, 5.74) is 2.27. The van der Waals surface area contributed by atoms with Gasteiger partial charge in [-0.05, 0) is 37.6 Å². The van der Waals surface area contributed by atoms with Gasteiger partial charge in [0.05, 0.1) is 0 Å². The number of thiazole rings is 1. The third-order valence-electron chi connectivity index (χ3n) is 2.92. The summed E-state index contributed by atoms with van der Waals surface area (Å²) in [4.78, 5) is 18.5. The van der Waals surface area contributed by atoms with Gasteiger partial charge in [0, 0.05) is 27.4 Å². The molecule has 0 aliphatic carbocycles. The van der Waals surface area contributed by atoms with E-state index < -0.39 is 0 Å². The van der Waals surface area contributed by atoms with E-state index in [1.807, 2.05) is 42.6 Å². The second-order valence-corrected chi connectivity index (χ2v) is 6.64. The van der Waals surface area contributed by atoms with Crippen molar-refractivity contribution in [2.75, 3.05) is 5.32 Å². The Labute approximate surface area is 128 Å². The molecule has 0 saturated heterocycles. The maximum atomic E-state index is 12.2. The van der Waals surface area contributed by atoms with Crippen molar-refractivity contribution in [3.63, 3.8) is 0 Å². The van der Waals surface area contributed by atoms with Crippen molar-refractivity contribution in [2.24, 2.45) is 0 Å². The number of fused-ring (bicyclic) bond motifs is 1. The highest BCUT2D eigenvalue weighted by molar-refractivity contribution is 9.10. The molecule has 3 aromatic rings. The number of carbonyl (C=O) groups is 1. The van der Waals surface area contributed by atoms with Gasteiger partial charge in [0.2, 0.25) is 0 Å². The van der Waals surface area contributed by atoms with Crippen molar-refractivity contribution in [3.8, 4) is 0 Å². The SMILES string of the molecule is Cc1cn2cc(C(=O)Nc3ccc(Br)c(C)c3)nc2s1. The number of carbonyl (C=O) groups excluding carboxylic acids is 1. The normalized spacial score (nSPS) is 10.9. The molecule has 20 heavy (non-hydrogen) atoms. The first kappa shape index (κ1) is 13.3. The summed E-state index contributed by atoms with van der Waals surface area (Å²) >= 11 is 5.01. The number of nitrogens with zero attached hydrogens (tertiary/aromatic N) is 2. The fourth-order valence-electron chi connectivity index (χ4n) is 1.94. The summed E-state index contributed by atoms with van der Waals surface area (Å²) < 4.78 is 2.90. The molecule has 4 nitrogen and oxygen atoms in total. The van der Waals surface area contributed by atoms with Gasteiger partial charge in [0.15, 0.2) is 4.96 Å². The maximum absolute atomic E-state index is 12.2. The lowest BCUT2D eigenvalue weighted by Crippen LogP contribution is -2.12. The molecule has 1 N–H and O–H groups in total. The minimum Gasteiger partial charge on any atom is -0.321 e. The summed E-state index contributed by atoms with van der Waals surface area (Å²) in [5.74, 6) is -0.194. The van der Waals surface area contributed by atoms with Gasteiger partial charge in [-0.3, -0.25) is 9.20 Å². The van der Waals surface area contributed by atoms with Crippen molar-refractivity contribution >= 4 is 43.8 Å². The second kappa shape index (κ2) is 5.03. The Morgan fingerprint density at radius 2 is 2.15 bits per heavy atom. The number of imidazole rings is 1. The molecule has 1 amide bonds. The van der Waals surface area contributed by atoms with Crippen LogP contribution in [0.25, 0.3) is 4.96 Å². The predicted molar refractivity (Wildman–Crippen MR) is 84.6 cm³/mol. The number of aryl methyl sites for hydroxylation is 2. The molecule has 2 heterocycles. The molecule has 0 bridgehead atoms. The highest BCUT2D eigenvalue weighted by Crippen LogP contribution is 2.21. The molecule has 6 heteroatoms. The van der Waals surface area contributed by atoms with Crippen LogP contribution >= 0.6 is 27.3 Å². The number of hydrogen-bond donors (Lipinski definition) is 1. The Hall–Kier alpha value is -1.66. The third kappa shape index (κ3) is 2.48. The minimum absolute atomic E-state index is 0.194. The van der Waals surface area contributed by atoms with Crippen molar-refractivity contribution in [1.29, 1.82) is 0 Å². The number of anilines is 1. The van der Waals surface area contributed by atoms with Crippen molar-refractivity contribution in [2.45, 2.75) is 13.8 Å². The summed E-state index contributed by atoms with van der Waals surface area (Å²) in [6.45, 7) is 4.00. The van der Waals surface area contributed by atoms with Crippen LogP contribution in [0.1, 0.15) is 20.9 Å². The molecule has 0 aliphatic rings. The average Bonchev–Trinajstić information content (AvgIpc) is 2.91. The molecule has 3 rings (SSSR count). The molecule has 0 atom stereocenters. The molecule has 102 valence electrons. The van der Waals surface area contributed by atoms with Crippen LogP contribution in [0.15, 0.2) is 35.1 Å². The summed E-state index contributed by atoms with van der Waals surface area (Å²) in [5, 5.41) is 2.86. The summed E-state index contributed by atoms with van der Waals surface area (Å²) in [7, 11) is 0. The number of nitrogens with one attached hydrogen (secondary N) is 1. The Bertz CT molecular complexity index is 774. The number of rotatable bonds is 2. The Morgan fingerprint density at radius 3 is 2.85 bits per heavy atom. The van der Waals surface area contributed by atoms with Gasteiger partial charge < -0.3 is 5.32 Å². The van der Waals surface area contributed by atoms with Gasteiger partial charge >= 0.3 is 0 Å². The van der Waals surface area contributed by atoms with E-state index in [1.165, 1.54) is 4.88 Å². The molecule has 0 unspecified atom stereocenters. The first-order valence-corrected chi connectivity index (χ1v) is 7.66. The van der Waals surface area contributed by atoms with E-state index >= 15 is 0 Å². The van der Waals surface area contributed by atoms with Crippen LogP contribution in [0.3, 0.4) is 0 Å². The van der Waals surface area contributed by atoms with Crippen LogP contribution in [0.2, 0.25) is 0 Å². The second-order valence-electron chi connectivity index (χ2n) is 4.58. The lowest BCUT2D eigenvalue weighted by atomic mass is 10.2. The molecular formula is C14H12BrN3OS. The van der Waals surface area contributed by atoms with E-state index in [2.05, 4.69) is 26.2 Å². The lowest BCUT2D eigenvalue weighted by molar-refractivity contribution is 0.102. The Balaban J connectivity index is 1.84. The monoisotopic (exact) mass is 349 g/mol. The van der Waals surface area contributed by atoms with E-state index in [0.29, 0.717) is 5.69 Å². The van der Waals surface area contributed by atoms with E-state index in [4.69, 9.17) is 0 Å². The van der Waals surface area contributed by atoms with Gasteiger partial charge in [-0.25, -0.2) is 4.98 Å². The summed E-state index contributed by atoms with van der Waals surface area (Å²) in [6, 6.07) is 5.70. The van der Waals surface area contributed by atoms with E-state index in [-0.39, 0.29) is 5.91 Å².